The summed E-state index contributed by atoms with van der Waals surface area (Å²) in [6.07, 6.45) is 0. The quantitative estimate of drug-likeness (QED) is 0.848. The zero-order valence-electron chi connectivity index (χ0n) is 11.0. The molecule has 0 radical (unpaired) electrons. The number of nitrogens with zero attached hydrogens (tertiary/aromatic N) is 1. The van der Waals surface area contributed by atoms with Gasteiger partial charge in [0.1, 0.15) is 5.75 Å². The summed E-state index contributed by atoms with van der Waals surface area (Å²) in [5.41, 5.74) is 1.37. The van der Waals surface area contributed by atoms with Gasteiger partial charge in [-0.05, 0) is 31.5 Å². The van der Waals surface area contributed by atoms with E-state index in [0.29, 0.717) is 10.8 Å². The first-order valence-corrected chi connectivity index (χ1v) is 7.27. The van der Waals surface area contributed by atoms with Crippen molar-refractivity contribution in [3.63, 3.8) is 0 Å². The number of aromatic hydroxyl groups is 1. The van der Waals surface area contributed by atoms with Crippen molar-refractivity contribution < 1.29 is 9.90 Å². The number of amides is 1. The van der Waals surface area contributed by atoms with E-state index in [-0.39, 0.29) is 17.7 Å². The van der Waals surface area contributed by atoms with E-state index < -0.39 is 0 Å². The lowest BCUT2D eigenvalue weighted by molar-refractivity contribution is 0.0695. The van der Waals surface area contributed by atoms with Crippen LogP contribution in [-0.4, -0.2) is 39.5 Å². The first-order valence-electron chi connectivity index (χ1n) is 6.23. The Labute approximate surface area is 112 Å². The molecule has 0 spiro atoms. The fourth-order valence-electron chi connectivity index (χ4n) is 2.20. The number of rotatable bonds is 1. The highest BCUT2D eigenvalue weighted by Crippen LogP contribution is 2.28. The average Bonchev–Trinajstić information content (AvgIpc) is 2.32. The third-order valence-electron chi connectivity index (χ3n) is 3.53. The van der Waals surface area contributed by atoms with Crippen molar-refractivity contribution in [3.05, 3.63) is 29.3 Å². The molecule has 1 amide bonds. The van der Waals surface area contributed by atoms with Crippen LogP contribution >= 0.6 is 11.8 Å². The molecule has 1 saturated heterocycles. The zero-order chi connectivity index (χ0) is 13.3. The molecule has 2 rings (SSSR count). The van der Waals surface area contributed by atoms with Crippen molar-refractivity contribution >= 4 is 17.7 Å². The van der Waals surface area contributed by atoms with Gasteiger partial charge in [0.05, 0.1) is 5.56 Å². The van der Waals surface area contributed by atoms with Gasteiger partial charge in [0.15, 0.2) is 0 Å². The molecule has 2 unspecified atom stereocenters. The molecule has 1 heterocycles. The fraction of sp³-hybridized carbons (Fsp3) is 0.500. The molecule has 18 heavy (non-hydrogen) atoms. The number of thioether (sulfide) groups is 1. The van der Waals surface area contributed by atoms with Crippen LogP contribution in [0.3, 0.4) is 0 Å². The van der Waals surface area contributed by atoms with Crippen molar-refractivity contribution in [2.24, 2.45) is 0 Å². The highest BCUT2D eigenvalue weighted by molar-refractivity contribution is 8.00. The highest BCUT2D eigenvalue weighted by atomic mass is 32.2. The predicted octanol–water partition coefficient (Wildman–Crippen LogP) is 2.67. The van der Waals surface area contributed by atoms with E-state index in [4.69, 9.17) is 0 Å². The Morgan fingerprint density at radius 2 is 2.17 bits per heavy atom. The molecule has 98 valence electrons. The van der Waals surface area contributed by atoms with Gasteiger partial charge >= 0.3 is 0 Å². The number of benzene rings is 1. The minimum atomic E-state index is -0.0628. The Balaban J connectivity index is 2.25. The van der Waals surface area contributed by atoms with Crippen molar-refractivity contribution in [2.75, 3.05) is 12.3 Å². The van der Waals surface area contributed by atoms with Crippen LogP contribution in [0.2, 0.25) is 0 Å². The standard InChI is InChI=1S/C14H19NO2S/c1-9-4-5-12(13(16)8-9)14(17)15-6-7-18-11(3)10(15)2/h4-5,8,10-11,16H,6-7H2,1-3H3. The normalized spacial score (nSPS) is 24.1. The van der Waals surface area contributed by atoms with Crippen LogP contribution in [0.1, 0.15) is 29.8 Å². The second kappa shape index (κ2) is 5.22. The fourth-order valence-corrected chi connectivity index (χ4v) is 3.30. The average molecular weight is 265 g/mol. The summed E-state index contributed by atoms with van der Waals surface area (Å²) >= 11 is 1.89. The molecular weight excluding hydrogens is 246 g/mol. The van der Waals surface area contributed by atoms with E-state index in [9.17, 15) is 9.90 Å². The summed E-state index contributed by atoms with van der Waals surface area (Å²) in [5, 5.41) is 10.3. The maximum absolute atomic E-state index is 12.4. The first kappa shape index (κ1) is 13.3. The second-order valence-corrected chi connectivity index (χ2v) is 6.32. The monoisotopic (exact) mass is 265 g/mol. The lowest BCUT2D eigenvalue weighted by Crippen LogP contribution is -2.47. The van der Waals surface area contributed by atoms with E-state index in [2.05, 4.69) is 13.8 Å². The smallest absolute Gasteiger partial charge is 0.257 e. The van der Waals surface area contributed by atoms with Crippen LogP contribution in [0, 0.1) is 6.92 Å². The molecule has 0 bridgehead atoms. The van der Waals surface area contributed by atoms with Gasteiger partial charge in [-0.3, -0.25) is 4.79 Å². The van der Waals surface area contributed by atoms with Crippen LogP contribution in [0.5, 0.6) is 5.75 Å². The molecule has 1 aliphatic rings. The Morgan fingerprint density at radius 3 is 2.83 bits per heavy atom. The van der Waals surface area contributed by atoms with Crippen LogP contribution in [-0.2, 0) is 0 Å². The third kappa shape index (κ3) is 2.48. The molecular formula is C14H19NO2S. The first-order chi connectivity index (χ1) is 8.50. The van der Waals surface area contributed by atoms with Crippen LogP contribution in [0.4, 0.5) is 0 Å². The number of hydrogen-bond acceptors (Lipinski definition) is 3. The van der Waals surface area contributed by atoms with E-state index in [1.165, 1.54) is 0 Å². The third-order valence-corrected chi connectivity index (χ3v) is 4.87. The molecule has 0 aliphatic carbocycles. The van der Waals surface area contributed by atoms with E-state index in [1.807, 2.05) is 29.7 Å². The van der Waals surface area contributed by atoms with Gasteiger partial charge in [-0.15, -0.1) is 0 Å². The topological polar surface area (TPSA) is 40.5 Å². The van der Waals surface area contributed by atoms with Crippen LogP contribution < -0.4 is 0 Å². The van der Waals surface area contributed by atoms with Gasteiger partial charge in [-0.25, -0.2) is 0 Å². The maximum atomic E-state index is 12.4. The molecule has 1 aliphatic heterocycles. The summed E-state index contributed by atoms with van der Waals surface area (Å²) in [6, 6.07) is 5.42. The minimum Gasteiger partial charge on any atom is -0.507 e. The van der Waals surface area contributed by atoms with E-state index >= 15 is 0 Å². The Morgan fingerprint density at radius 1 is 1.44 bits per heavy atom. The molecule has 2 atom stereocenters. The summed E-state index contributed by atoms with van der Waals surface area (Å²) < 4.78 is 0. The summed E-state index contributed by atoms with van der Waals surface area (Å²) in [5.74, 6) is 0.981. The van der Waals surface area contributed by atoms with Crippen molar-refractivity contribution in [3.8, 4) is 5.75 Å². The number of aryl methyl sites for hydroxylation is 1. The molecule has 1 N–H and O–H groups in total. The zero-order valence-corrected chi connectivity index (χ0v) is 11.8. The molecule has 1 aromatic carbocycles. The van der Waals surface area contributed by atoms with Crippen LogP contribution in [0.25, 0.3) is 0 Å². The SMILES string of the molecule is Cc1ccc(C(=O)N2CCSC(C)C2C)c(O)c1. The van der Waals surface area contributed by atoms with Gasteiger partial charge in [-0.1, -0.05) is 13.0 Å². The number of hydrogen-bond donors (Lipinski definition) is 1. The Kier molecular flexibility index (Phi) is 3.85. The lowest BCUT2D eigenvalue weighted by atomic mass is 10.1. The molecule has 1 fully saturated rings. The van der Waals surface area contributed by atoms with Gasteiger partial charge in [0, 0.05) is 23.6 Å². The van der Waals surface area contributed by atoms with E-state index in [1.54, 1.807) is 12.1 Å². The minimum absolute atomic E-state index is 0.0628. The van der Waals surface area contributed by atoms with Gasteiger partial charge in [0.2, 0.25) is 0 Å². The number of carbonyl (C=O) groups is 1. The number of phenolic OH excluding ortho intramolecular Hbond substituents is 1. The second-order valence-electron chi connectivity index (χ2n) is 4.84. The maximum Gasteiger partial charge on any atom is 0.257 e. The van der Waals surface area contributed by atoms with Crippen molar-refractivity contribution in [2.45, 2.75) is 32.1 Å². The Hall–Kier alpha value is -1.16. The highest BCUT2D eigenvalue weighted by Gasteiger charge is 2.30. The summed E-state index contributed by atoms with van der Waals surface area (Å²) in [7, 11) is 0. The largest absolute Gasteiger partial charge is 0.507 e. The summed E-state index contributed by atoms with van der Waals surface area (Å²) in [4.78, 5) is 14.3. The Bertz CT molecular complexity index is 461. The predicted molar refractivity (Wildman–Crippen MR) is 75.3 cm³/mol. The number of carbonyl (C=O) groups excluding carboxylic acids is 1. The van der Waals surface area contributed by atoms with Gasteiger partial charge < -0.3 is 10.0 Å². The van der Waals surface area contributed by atoms with Crippen molar-refractivity contribution in [1.29, 1.82) is 0 Å². The van der Waals surface area contributed by atoms with Gasteiger partial charge in [-0.2, -0.15) is 11.8 Å². The number of phenols is 1. The van der Waals surface area contributed by atoms with Crippen LogP contribution in [0.15, 0.2) is 18.2 Å². The lowest BCUT2D eigenvalue weighted by Gasteiger charge is -2.37. The molecule has 3 nitrogen and oxygen atoms in total. The molecule has 0 aromatic heterocycles. The van der Waals surface area contributed by atoms with Gasteiger partial charge in [0.25, 0.3) is 5.91 Å². The van der Waals surface area contributed by atoms with Crippen molar-refractivity contribution in [1.82, 2.24) is 4.90 Å². The summed E-state index contributed by atoms with van der Waals surface area (Å²) in [6.45, 7) is 6.86. The molecule has 4 heteroatoms. The van der Waals surface area contributed by atoms with E-state index in [0.717, 1.165) is 17.9 Å². The molecule has 1 aromatic rings. The molecule has 0 saturated carbocycles.